The van der Waals surface area contributed by atoms with Gasteiger partial charge in [-0.3, -0.25) is 0 Å². The first-order valence-corrected chi connectivity index (χ1v) is 7.61. The molecule has 1 heterocycles. The molecule has 0 saturated carbocycles. The average molecular weight is 321 g/mol. The minimum atomic E-state index is -0.975. The molecule has 6 heteroatoms. The summed E-state index contributed by atoms with van der Waals surface area (Å²) in [4.78, 5) is 12.2. The SMILES string of the molecule is COc1ccc(OC)c(CCc2sc(N)c(C(=O)O)c2C)c1. The second kappa shape index (κ2) is 6.70. The molecule has 0 spiro atoms. The van der Waals surface area contributed by atoms with Crippen molar-refractivity contribution in [1.29, 1.82) is 0 Å². The third kappa shape index (κ3) is 3.17. The van der Waals surface area contributed by atoms with Gasteiger partial charge in [-0.05, 0) is 49.1 Å². The monoisotopic (exact) mass is 321 g/mol. The summed E-state index contributed by atoms with van der Waals surface area (Å²) in [6.07, 6.45) is 1.43. The zero-order chi connectivity index (χ0) is 16.3. The molecule has 0 radical (unpaired) electrons. The number of carboxylic acid groups (broad SMARTS) is 1. The Balaban J connectivity index is 2.23. The lowest BCUT2D eigenvalue weighted by Crippen LogP contribution is -2.01. The molecule has 0 saturated heterocycles. The van der Waals surface area contributed by atoms with Gasteiger partial charge in [-0.1, -0.05) is 0 Å². The average Bonchev–Trinajstić information content (AvgIpc) is 2.78. The van der Waals surface area contributed by atoms with E-state index in [1.165, 1.54) is 11.3 Å². The Hall–Kier alpha value is -2.21. The highest BCUT2D eigenvalue weighted by molar-refractivity contribution is 7.16. The van der Waals surface area contributed by atoms with Crippen molar-refractivity contribution in [3.05, 3.63) is 39.8 Å². The summed E-state index contributed by atoms with van der Waals surface area (Å²) in [5.74, 6) is 0.586. The van der Waals surface area contributed by atoms with E-state index < -0.39 is 5.97 Å². The molecule has 1 aromatic heterocycles. The molecule has 5 nitrogen and oxygen atoms in total. The lowest BCUT2D eigenvalue weighted by atomic mass is 10.0. The van der Waals surface area contributed by atoms with Crippen LogP contribution in [0.1, 0.15) is 26.4 Å². The quantitative estimate of drug-likeness (QED) is 0.854. The number of carboxylic acids is 1. The van der Waals surface area contributed by atoms with Crippen molar-refractivity contribution >= 4 is 22.3 Å². The van der Waals surface area contributed by atoms with Gasteiger partial charge in [0.1, 0.15) is 16.5 Å². The van der Waals surface area contributed by atoms with Gasteiger partial charge in [0.25, 0.3) is 0 Å². The molecule has 0 fully saturated rings. The summed E-state index contributed by atoms with van der Waals surface area (Å²) >= 11 is 1.34. The molecule has 0 aliphatic heterocycles. The third-order valence-electron chi connectivity index (χ3n) is 3.60. The van der Waals surface area contributed by atoms with Crippen LogP contribution in [0.2, 0.25) is 0 Å². The Morgan fingerprint density at radius 2 is 2.00 bits per heavy atom. The van der Waals surface area contributed by atoms with E-state index in [9.17, 15) is 9.90 Å². The van der Waals surface area contributed by atoms with Gasteiger partial charge in [0.2, 0.25) is 0 Å². The van der Waals surface area contributed by atoms with Crippen molar-refractivity contribution in [1.82, 2.24) is 0 Å². The maximum atomic E-state index is 11.2. The molecular weight excluding hydrogens is 302 g/mol. The molecule has 0 aliphatic rings. The van der Waals surface area contributed by atoms with Gasteiger partial charge in [0, 0.05) is 4.88 Å². The number of benzene rings is 1. The summed E-state index contributed by atoms with van der Waals surface area (Å²) in [7, 11) is 3.25. The van der Waals surface area contributed by atoms with Crippen LogP contribution in [-0.4, -0.2) is 25.3 Å². The van der Waals surface area contributed by atoms with Crippen LogP contribution in [0.15, 0.2) is 18.2 Å². The van der Waals surface area contributed by atoms with Crippen LogP contribution in [0.5, 0.6) is 11.5 Å². The summed E-state index contributed by atoms with van der Waals surface area (Å²) in [6.45, 7) is 1.80. The van der Waals surface area contributed by atoms with Crippen molar-refractivity contribution in [3.8, 4) is 11.5 Å². The molecule has 0 aliphatic carbocycles. The van der Waals surface area contributed by atoms with E-state index in [0.29, 0.717) is 11.4 Å². The number of nitrogens with two attached hydrogens (primary N) is 1. The summed E-state index contributed by atoms with van der Waals surface area (Å²) < 4.78 is 10.6. The largest absolute Gasteiger partial charge is 0.497 e. The number of hydrogen-bond acceptors (Lipinski definition) is 5. The highest BCUT2D eigenvalue weighted by Gasteiger charge is 2.18. The molecule has 0 amide bonds. The fourth-order valence-corrected chi connectivity index (χ4v) is 3.48. The highest BCUT2D eigenvalue weighted by Crippen LogP contribution is 2.32. The predicted molar refractivity (Wildman–Crippen MR) is 87.4 cm³/mol. The Bertz CT molecular complexity index is 694. The Labute approximate surface area is 133 Å². The molecule has 2 rings (SSSR count). The van der Waals surface area contributed by atoms with Gasteiger partial charge in [-0.25, -0.2) is 4.79 Å². The number of aromatic carboxylic acids is 1. The molecule has 0 unspecified atom stereocenters. The normalized spacial score (nSPS) is 10.5. The molecule has 118 valence electrons. The number of hydrogen-bond donors (Lipinski definition) is 2. The molecule has 0 atom stereocenters. The Kier molecular flexibility index (Phi) is 4.92. The van der Waals surface area contributed by atoms with Crippen molar-refractivity contribution in [2.75, 3.05) is 20.0 Å². The molecule has 22 heavy (non-hydrogen) atoms. The first-order valence-electron chi connectivity index (χ1n) is 6.79. The van der Waals surface area contributed by atoms with Crippen molar-refractivity contribution in [2.45, 2.75) is 19.8 Å². The lowest BCUT2D eigenvalue weighted by Gasteiger charge is -2.10. The van der Waals surface area contributed by atoms with Crippen LogP contribution < -0.4 is 15.2 Å². The van der Waals surface area contributed by atoms with Crippen LogP contribution in [0.25, 0.3) is 0 Å². The first-order chi connectivity index (χ1) is 10.5. The van der Waals surface area contributed by atoms with Gasteiger partial charge in [0.15, 0.2) is 0 Å². The number of methoxy groups -OCH3 is 2. The Morgan fingerprint density at radius 3 is 2.55 bits per heavy atom. The summed E-state index contributed by atoms with van der Waals surface area (Å²) in [6, 6.07) is 5.65. The molecule has 3 N–H and O–H groups in total. The second-order valence-electron chi connectivity index (χ2n) is 4.87. The van der Waals surface area contributed by atoms with E-state index in [0.717, 1.165) is 33.9 Å². The van der Waals surface area contributed by atoms with Gasteiger partial charge >= 0.3 is 5.97 Å². The lowest BCUT2D eigenvalue weighted by molar-refractivity contribution is 0.0697. The molecule has 2 aromatic rings. The smallest absolute Gasteiger partial charge is 0.338 e. The number of nitrogen functional groups attached to an aromatic ring is 1. The fraction of sp³-hybridized carbons (Fsp3) is 0.312. The van der Waals surface area contributed by atoms with Crippen LogP contribution in [0, 0.1) is 6.92 Å². The van der Waals surface area contributed by atoms with Crippen LogP contribution in [-0.2, 0) is 12.8 Å². The van der Waals surface area contributed by atoms with Crippen LogP contribution >= 0.6 is 11.3 Å². The van der Waals surface area contributed by atoms with E-state index in [1.54, 1.807) is 21.1 Å². The summed E-state index contributed by atoms with van der Waals surface area (Å²) in [5.41, 5.74) is 7.79. The molecular formula is C16H19NO4S. The highest BCUT2D eigenvalue weighted by atomic mass is 32.1. The Morgan fingerprint density at radius 1 is 1.27 bits per heavy atom. The van der Waals surface area contributed by atoms with Crippen molar-refractivity contribution < 1.29 is 19.4 Å². The number of aryl methyl sites for hydroxylation is 2. The zero-order valence-corrected chi connectivity index (χ0v) is 13.6. The van der Waals surface area contributed by atoms with E-state index in [2.05, 4.69) is 0 Å². The van der Waals surface area contributed by atoms with Gasteiger partial charge in [-0.2, -0.15) is 0 Å². The standard InChI is InChI=1S/C16H19NO4S/c1-9-13(22-15(17)14(9)16(18)19)7-4-10-8-11(20-2)5-6-12(10)21-3/h5-6,8H,4,7,17H2,1-3H3,(H,18,19). The van der Waals surface area contributed by atoms with E-state index in [4.69, 9.17) is 15.2 Å². The van der Waals surface area contributed by atoms with Crippen LogP contribution in [0.4, 0.5) is 5.00 Å². The fourth-order valence-electron chi connectivity index (χ4n) is 2.41. The van der Waals surface area contributed by atoms with E-state index in [-0.39, 0.29) is 5.56 Å². The molecule has 0 bridgehead atoms. The van der Waals surface area contributed by atoms with Crippen molar-refractivity contribution in [2.24, 2.45) is 0 Å². The predicted octanol–water partition coefficient (Wildman–Crippen LogP) is 3.14. The maximum absolute atomic E-state index is 11.2. The zero-order valence-electron chi connectivity index (χ0n) is 12.8. The summed E-state index contributed by atoms with van der Waals surface area (Å²) in [5, 5.41) is 9.54. The van der Waals surface area contributed by atoms with Crippen molar-refractivity contribution in [3.63, 3.8) is 0 Å². The number of carbonyl (C=O) groups is 1. The number of thiophene rings is 1. The minimum absolute atomic E-state index is 0.220. The van der Waals surface area contributed by atoms with E-state index in [1.807, 2.05) is 18.2 Å². The topological polar surface area (TPSA) is 81.8 Å². The number of anilines is 1. The van der Waals surface area contributed by atoms with Crippen LogP contribution in [0.3, 0.4) is 0 Å². The van der Waals surface area contributed by atoms with Gasteiger partial charge < -0.3 is 20.3 Å². The van der Waals surface area contributed by atoms with Gasteiger partial charge in [-0.15, -0.1) is 11.3 Å². The maximum Gasteiger partial charge on any atom is 0.338 e. The molecule has 1 aromatic carbocycles. The first kappa shape index (κ1) is 16.2. The van der Waals surface area contributed by atoms with E-state index >= 15 is 0 Å². The van der Waals surface area contributed by atoms with Gasteiger partial charge in [0.05, 0.1) is 19.8 Å². The minimum Gasteiger partial charge on any atom is -0.497 e. The third-order valence-corrected chi connectivity index (χ3v) is 4.78. The number of rotatable bonds is 6. The second-order valence-corrected chi connectivity index (χ2v) is 6.01. The number of ether oxygens (including phenoxy) is 2.